The highest BCUT2D eigenvalue weighted by atomic mass is 35.5. The van der Waals surface area contributed by atoms with Crippen molar-refractivity contribution in [1.29, 1.82) is 0 Å². The van der Waals surface area contributed by atoms with E-state index in [0.29, 0.717) is 35.1 Å². The number of ether oxygens (including phenoxy) is 1. The molecule has 2 saturated heterocycles. The first-order chi connectivity index (χ1) is 13.0. The molecule has 0 saturated carbocycles. The van der Waals surface area contributed by atoms with Gasteiger partial charge in [0.1, 0.15) is 6.04 Å². The largest absolute Gasteiger partial charge is 0.379 e. The molecule has 1 atom stereocenters. The van der Waals surface area contributed by atoms with Gasteiger partial charge in [-0.3, -0.25) is 14.5 Å². The molecule has 0 bridgehead atoms. The summed E-state index contributed by atoms with van der Waals surface area (Å²) in [6.45, 7) is 5.56. The summed E-state index contributed by atoms with van der Waals surface area (Å²) in [4.78, 5) is 29.4. The summed E-state index contributed by atoms with van der Waals surface area (Å²) in [6, 6.07) is 4.33. The van der Waals surface area contributed by atoms with Crippen LogP contribution in [0.3, 0.4) is 0 Å². The molecule has 2 fully saturated rings. The van der Waals surface area contributed by atoms with E-state index in [4.69, 9.17) is 27.9 Å². The number of hydrogen-bond acceptors (Lipinski definition) is 4. The van der Waals surface area contributed by atoms with Gasteiger partial charge in [-0.15, -0.1) is 0 Å². The number of hydrogen-bond donors (Lipinski definition) is 1. The number of carbonyl (C=O) groups excluding carboxylic acids is 2. The second kappa shape index (κ2) is 9.73. The van der Waals surface area contributed by atoms with E-state index in [-0.39, 0.29) is 11.8 Å². The van der Waals surface area contributed by atoms with Crippen molar-refractivity contribution in [3.05, 3.63) is 33.8 Å². The lowest BCUT2D eigenvalue weighted by Crippen LogP contribution is -2.46. The molecule has 148 valence electrons. The summed E-state index contributed by atoms with van der Waals surface area (Å²) in [7, 11) is 0. The van der Waals surface area contributed by atoms with E-state index in [0.717, 1.165) is 45.7 Å². The highest BCUT2D eigenvalue weighted by molar-refractivity contribution is 6.35. The molecule has 1 unspecified atom stereocenters. The van der Waals surface area contributed by atoms with Crippen molar-refractivity contribution in [3.8, 4) is 0 Å². The number of benzene rings is 1. The van der Waals surface area contributed by atoms with Crippen molar-refractivity contribution in [2.24, 2.45) is 0 Å². The quantitative estimate of drug-likeness (QED) is 0.727. The first kappa shape index (κ1) is 20.4. The molecule has 0 aromatic heterocycles. The maximum Gasteiger partial charge on any atom is 0.254 e. The number of carbonyl (C=O) groups is 2. The fraction of sp³-hybridized carbons (Fsp3) is 0.579. The molecule has 1 N–H and O–H groups in total. The Morgan fingerprint density at radius 3 is 2.52 bits per heavy atom. The zero-order valence-electron chi connectivity index (χ0n) is 15.3. The lowest BCUT2D eigenvalue weighted by molar-refractivity contribution is -0.124. The van der Waals surface area contributed by atoms with E-state index < -0.39 is 6.04 Å². The minimum Gasteiger partial charge on any atom is -0.379 e. The van der Waals surface area contributed by atoms with E-state index in [1.165, 1.54) is 0 Å². The topological polar surface area (TPSA) is 61.9 Å². The Morgan fingerprint density at radius 2 is 1.81 bits per heavy atom. The number of halogens is 2. The van der Waals surface area contributed by atoms with E-state index in [2.05, 4.69) is 10.2 Å². The second-order valence-electron chi connectivity index (χ2n) is 6.91. The van der Waals surface area contributed by atoms with Crippen molar-refractivity contribution in [2.45, 2.75) is 25.3 Å². The van der Waals surface area contributed by atoms with Gasteiger partial charge >= 0.3 is 0 Å². The summed E-state index contributed by atoms with van der Waals surface area (Å²) in [5, 5.41) is 3.80. The predicted octanol–water partition coefficient (Wildman–Crippen LogP) is 2.44. The average molecular weight is 414 g/mol. The Balaban J connectivity index is 1.50. The monoisotopic (exact) mass is 413 g/mol. The van der Waals surface area contributed by atoms with Gasteiger partial charge in [-0.25, -0.2) is 0 Å². The molecule has 2 heterocycles. The summed E-state index contributed by atoms with van der Waals surface area (Å²) >= 11 is 12.0. The molecule has 3 rings (SSSR count). The first-order valence-electron chi connectivity index (χ1n) is 9.39. The molecule has 1 aromatic rings. The highest BCUT2D eigenvalue weighted by Gasteiger charge is 2.34. The zero-order valence-corrected chi connectivity index (χ0v) is 16.8. The SMILES string of the molecule is O=C(NCCCN1CCOCC1)C1CCCN1C(=O)c1cc(Cl)cc(Cl)c1. The molecule has 2 aliphatic heterocycles. The summed E-state index contributed by atoms with van der Waals surface area (Å²) in [6.07, 6.45) is 2.37. The van der Waals surface area contributed by atoms with Crippen LogP contribution in [-0.4, -0.2) is 73.6 Å². The van der Waals surface area contributed by atoms with Gasteiger partial charge in [-0.05, 0) is 44.0 Å². The fourth-order valence-electron chi connectivity index (χ4n) is 3.58. The molecular weight excluding hydrogens is 389 g/mol. The van der Waals surface area contributed by atoms with E-state index in [1.54, 1.807) is 23.1 Å². The molecule has 2 amide bonds. The van der Waals surface area contributed by atoms with Crippen LogP contribution in [-0.2, 0) is 9.53 Å². The molecule has 1 aromatic carbocycles. The third-order valence-electron chi connectivity index (χ3n) is 4.98. The van der Waals surface area contributed by atoms with Gasteiger partial charge in [0.15, 0.2) is 0 Å². The van der Waals surface area contributed by atoms with Gasteiger partial charge in [0.05, 0.1) is 13.2 Å². The van der Waals surface area contributed by atoms with Crippen molar-refractivity contribution in [2.75, 3.05) is 45.9 Å². The van der Waals surface area contributed by atoms with Crippen LogP contribution in [0.5, 0.6) is 0 Å². The Morgan fingerprint density at radius 1 is 1.11 bits per heavy atom. The molecule has 2 aliphatic rings. The summed E-state index contributed by atoms with van der Waals surface area (Å²) < 4.78 is 5.33. The van der Waals surface area contributed by atoms with Gasteiger partial charge in [0.25, 0.3) is 5.91 Å². The van der Waals surface area contributed by atoms with Crippen LogP contribution < -0.4 is 5.32 Å². The summed E-state index contributed by atoms with van der Waals surface area (Å²) in [5.41, 5.74) is 0.416. The molecule has 0 aliphatic carbocycles. The Labute approximate surface area is 169 Å². The van der Waals surface area contributed by atoms with Gasteiger partial charge in [-0.1, -0.05) is 23.2 Å². The maximum absolute atomic E-state index is 12.8. The van der Waals surface area contributed by atoms with Crippen molar-refractivity contribution in [1.82, 2.24) is 15.1 Å². The van der Waals surface area contributed by atoms with Crippen molar-refractivity contribution >= 4 is 35.0 Å². The molecule has 27 heavy (non-hydrogen) atoms. The number of likely N-dealkylation sites (tertiary alicyclic amines) is 1. The van der Waals surface area contributed by atoms with Crippen LogP contribution in [0.15, 0.2) is 18.2 Å². The molecule has 6 nitrogen and oxygen atoms in total. The zero-order chi connectivity index (χ0) is 19.2. The van der Waals surface area contributed by atoms with Crippen molar-refractivity contribution < 1.29 is 14.3 Å². The number of amides is 2. The maximum atomic E-state index is 12.8. The van der Waals surface area contributed by atoms with Crippen LogP contribution >= 0.6 is 23.2 Å². The Kier molecular flexibility index (Phi) is 7.35. The van der Waals surface area contributed by atoms with E-state index in [1.807, 2.05) is 0 Å². The standard InChI is InChI=1S/C19H25Cl2N3O3/c20-15-11-14(12-16(21)13-15)19(26)24-6-1-3-17(24)18(25)22-4-2-5-23-7-9-27-10-8-23/h11-13,17H,1-10H2,(H,22,25). The van der Waals surface area contributed by atoms with E-state index >= 15 is 0 Å². The van der Waals surface area contributed by atoms with Gasteiger partial charge in [0, 0.05) is 41.8 Å². The molecular formula is C19H25Cl2N3O3. The number of rotatable bonds is 6. The first-order valence-corrected chi connectivity index (χ1v) is 10.1. The number of nitrogens with one attached hydrogen (secondary N) is 1. The smallest absolute Gasteiger partial charge is 0.254 e. The van der Waals surface area contributed by atoms with Gasteiger partial charge < -0.3 is 15.0 Å². The third kappa shape index (κ3) is 5.57. The fourth-order valence-corrected chi connectivity index (χ4v) is 4.11. The van der Waals surface area contributed by atoms with Gasteiger partial charge in [-0.2, -0.15) is 0 Å². The minimum absolute atomic E-state index is 0.0871. The molecule has 0 radical (unpaired) electrons. The normalized spacial score (nSPS) is 20.7. The minimum atomic E-state index is -0.432. The number of nitrogens with zero attached hydrogens (tertiary/aromatic N) is 2. The Bertz CT molecular complexity index is 660. The van der Waals surface area contributed by atoms with Crippen LogP contribution in [0.2, 0.25) is 10.0 Å². The second-order valence-corrected chi connectivity index (χ2v) is 7.79. The number of morpholine rings is 1. The van der Waals surface area contributed by atoms with Gasteiger partial charge in [0.2, 0.25) is 5.91 Å². The molecule has 8 heteroatoms. The van der Waals surface area contributed by atoms with Crippen LogP contribution in [0.25, 0.3) is 0 Å². The van der Waals surface area contributed by atoms with Crippen LogP contribution in [0, 0.1) is 0 Å². The highest BCUT2D eigenvalue weighted by Crippen LogP contribution is 2.24. The predicted molar refractivity (Wildman–Crippen MR) is 105 cm³/mol. The average Bonchev–Trinajstić information content (AvgIpc) is 3.14. The lowest BCUT2D eigenvalue weighted by Gasteiger charge is -2.27. The van der Waals surface area contributed by atoms with E-state index in [9.17, 15) is 9.59 Å². The lowest BCUT2D eigenvalue weighted by atomic mass is 10.1. The van der Waals surface area contributed by atoms with Crippen LogP contribution in [0.4, 0.5) is 0 Å². The third-order valence-corrected chi connectivity index (χ3v) is 5.42. The summed E-state index contributed by atoms with van der Waals surface area (Å²) in [5.74, 6) is -0.290. The molecule has 0 spiro atoms. The van der Waals surface area contributed by atoms with Crippen LogP contribution in [0.1, 0.15) is 29.6 Å². The Hall–Kier alpha value is -1.34. The van der Waals surface area contributed by atoms with Crippen molar-refractivity contribution in [3.63, 3.8) is 0 Å².